The van der Waals surface area contributed by atoms with Crippen LogP contribution >= 0.6 is 11.3 Å². The zero-order chi connectivity index (χ0) is 33.0. The van der Waals surface area contributed by atoms with Crippen LogP contribution in [0.5, 0.6) is 0 Å². The second kappa shape index (κ2) is 11.6. The van der Waals surface area contributed by atoms with Gasteiger partial charge < -0.3 is 4.42 Å². The maximum atomic E-state index is 6.38. The Morgan fingerprint density at radius 3 is 1.80 bits per heavy atom. The molecule has 0 saturated heterocycles. The van der Waals surface area contributed by atoms with E-state index >= 15 is 0 Å². The van der Waals surface area contributed by atoms with Crippen LogP contribution in [-0.4, -0.2) is 15.0 Å². The fourth-order valence-corrected chi connectivity index (χ4v) is 8.23. The second-order valence-corrected chi connectivity index (χ2v) is 13.4. The smallest absolute Gasteiger partial charge is 0.164 e. The molecule has 0 atom stereocenters. The molecule has 0 N–H and O–H groups in total. The van der Waals surface area contributed by atoms with E-state index in [9.17, 15) is 0 Å². The molecule has 0 aliphatic heterocycles. The molecule has 0 radical (unpaired) electrons. The summed E-state index contributed by atoms with van der Waals surface area (Å²) in [6.45, 7) is 0. The van der Waals surface area contributed by atoms with Gasteiger partial charge in [0.25, 0.3) is 0 Å². The number of thiophene rings is 1. The summed E-state index contributed by atoms with van der Waals surface area (Å²) in [5.74, 6) is 1.87. The Kier molecular flexibility index (Phi) is 6.64. The van der Waals surface area contributed by atoms with E-state index in [0.717, 1.165) is 49.8 Å². The molecule has 10 rings (SSSR count). The lowest BCUT2D eigenvalue weighted by Gasteiger charge is -2.09. The lowest BCUT2D eigenvalue weighted by molar-refractivity contribution is 0.669. The molecule has 0 aliphatic carbocycles. The molecule has 0 amide bonds. The van der Waals surface area contributed by atoms with Crippen LogP contribution < -0.4 is 0 Å². The Morgan fingerprint density at radius 2 is 1.02 bits per heavy atom. The molecule has 0 aliphatic rings. The Morgan fingerprint density at radius 1 is 0.380 bits per heavy atom. The molecule has 0 bridgehead atoms. The number of rotatable bonds is 5. The van der Waals surface area contributed by atoms with Gasteiger partial charge in [-0.15, -0.1) is 11.3 Å². The van der Waals surface area contributed by atoms with Gasteiger partial charge in [0.05, 0.1) is 0 Å². The van der Waals surface area contributed by atoms with Gasteiger partial charge in [0, 0.05) is 47.6 Å². The third-order valence-electron chi connectivity index (χ3n) is 9.35. The minimum atomic E-state index is 0.607. The highest BCUT2D eigenvalue weighted by molar-refractivity contribution is 7.26. The van der Waals surface area contributed by atoms with Crippen molar-refractivity contribution in [1.82, 2.24) is 15.0 Å². The molecular weight excluding hydrogens is 631 g/mol. The second-order valence-electron chi connectivity index (χ2n) is 12.4. The zero-order valence-corrected chi connectivity index (χ0v) is 27.6. The molecule has 7 aromatic carbocycles. The van der Waals surface area contributed by atoms with Gasteiger partial charge in [0.1, 0.15) is 11.2 Å². The summed E-state index contributed by atoms with van der Waals surface area (Å²) in [5.41, 5.74) is 9.16. The first kappa shape index (κ1) is 28.6. The van der Waals surface area contributed by atoms with E-state index < -0.39 is 0 Å². The Labute approximate surface area is 292 Å². The number of furan rings is 1. The molecule has 0 saturated carbocycles. The Hall–Kier alpha value is -6.43. The predicted octanol–water partition coefficient (Wildman–Crippen LogP) is 12.5. The number of hydrogen-bond acceptors (Lipinski definition) is 5. The molecule has 3 aromatic heterocycles. The number of nitrogens with zero attached hydrogens (tertiary/aromatic N) is 3. The van der Waals surface area contributed by atoms with Crippen LogP contribution in [0.2, 0.25) is 0 Å². The average molecular weight is 658 g/mol. The van der Waals surface area contributed by atoms with Crippen molar-refractivity contribution in [2.24, 2.45) is 0 Å². The predicted molar refractivity (Wildman–Crippen MR) is 207 cm³/mol. The van der Waals surface area contributed by atoms with Crippen molar-refractivity contribution < 1.29 is 4.42 Å². The maximum Gasteiger partial charge on any atom is 0.164 e. The first-order valence-corrected chi connectivity index (χ1v) is 17.4. The fourth-order valence-electron chi connectivity index (χ4n) is 6.95. The van der Waals surface area contributed by atoms with Crippen LogP contribution in [0.25, 0.3) is 98.5 Å². The highest BCUT2D eigenvalue weighted by Crippen LogP contribution is 2.42. The molecule has 0 spiro atoms. The monoisotopic (exact) mass is 657 g/mol. The first-order chi connectivity index (χ1) is 24.8. The zero-order valence-electron chi connectivity index (χ0n) is 26.7. The Bertz CT molecular complexity index is 2860. The topological polar surface area (TPSA) is 51.8 Å². The Balaban J connectivity index is 1.17. The normalized spacial score (nSPS) is 11.6. The number of aromatic nitrogens is 3. The van der Waals surface area contributed by atoms with Gasteiger partial charge in [-0.2, -0.15) is 0 Å². The summed E-state index contributed by atoms with van der Waals surface area (Å²) >= 11 is 1.81. The van der Waals surface area contributed by atoms with Crippen molar-refractivity contribution in [3.8, 4) is 56.4 Å². The SMILES string of the molecule is c1ccc(-c2ccc3oc4cccc(-c5nc(-c6ccccc6)nc(-c6ccc7c(c6)sc6c(-c8ccccc8)cccc67)n5)c4c3c2)cc1. The summed E-state index contributed by atoms with van der Waals surface area (Å²) in [6.07, 6.45) is 0. The van der Waals surface area contributed by atoms with Crippen LogP contribution in [-0.2, 0) is 0 Å². The van der Waals surface area contributed by atoms with Crippen LogP contribution in [0.1, 0.15) is 0 Å². The van der Waals surface area contributed by atoms with Crippen LogP contribution in [0.15, 0.2) is 168 Å². The molecule has 4 nitrogen and oxygen atoms in total. The van der Waals surface area contributed by atoms with Gasteiger partial charge in [0.2, 0.25) is 0 Å². The first-order valence-electron chi connectivity index (χ1n) is 16.6. The summed E-state index contributed by atoms with van der Waals surface area (Å²) in [7, 11) is 0. The van der Waals surface area contributed by atoms with E-state index in [1.165, 1.54) is 31.3 Å². The van der Waals surface area contributed by atoms with Crippen molar-refractivity contribution in [1.29, 1.82) is 0 Å². The van der Waals surface area contributed by atoms with Crippen molar-refractivity contribution >= 4 is 53.4 Å². The lowest BCUT2D eigenvalue weighted by Crippen LogP contribution is -2.00. The highest BCUT2D eigenvalue weighted by Gasteiger charge is 2.19. The van der Waals surface area contributed by atoms with Crippen molar-refractivity contribution in [3.63, 3.8) is 0 Å². The molecule has 5 heteroatoms. The highest BCUT2D eigenvalue weighted by atomic mass is 32.1. The summed E-state index contributed by atoms with van der Waals surface area (Å²) in [4.78, 5) is 15.3. The molecule has 0 fully saturated rings. The molecule has 0 unspecified atom stereocenters. The molecule has 50 heavy (non-hydrogen) atoms. The van der Waals surface area contributed by atoms with E-state index in [1.807, 2.05) is 59.9 Å². The van der Waals surface area contributed by atoms with Crippen LogP contribution in [0, 0.1) is 0 Å². The molecule has 3 heterocycles. The van der Waals surface area contributed by atoms with Gasteiger partial charge in [-0.25, -0.2) is 15.0 Å². The van der Waals surface area contributed by atoms with Crippen LogP contribution in [0.3, 0.4) is 0 Å². The third kappa shape index (κ3) is 4.79. The van der Waals surface area contributed by atoms with Crippen LogP contribution in [0.4, 0.5) is 0 Å². The quantitative estimate of drug-likeness (QED) is 0.185. The summed E-state index contributed by atoms with van der Waals surface area (Å²) in [6, 6.07) is 56.8. The van der Waals surface area contributed by atoms with Gasteiger partial charge >= 0.3 is 0 Å². The number of fused-ring (bicyclic) bond motifs is 6. The minimum Gasteiger partial charge on any atom is -0.456 e. The van der Waals surface area contributed by atoms with Gasteiger partial charge in [-0.05, 0) is 46.5 Å². The fraction of sp³-hybridized carbons (Fsp3) is 0. The van der Waals surface area contributed by atoms with E-state index in [4.69, 9.17) is 19.4 Å². The molecule has 10 aromatic rings. The van der Waals surface area contributed by atoms with Crippen molar-refractivity contribution in [2.45, 2.75) is 0 Å². The largest absolute Gasteiger partial charge is 0.456 e. The molecular formula is C45H27N3OS. The van der Waals surface area contributed by atoms with Crippen molar-refractivity contribution in [3.05, 3.63) is 164 Å². The van der Waals surface area contributed by atoms with Crippen molar-refractivity contribution in [2.75, 3.05) is 0 Å². The van der Waals surface area contributed by atoms with E-state index in [2.05, 4.69) is 115 Å². The maximum absolute atomic E-state index is 6.38. The van der Waals surface area contributed by atoms with E-state index in [0.29, 0.717) is 17.5 Å². The minimum absolute atomic E-state index is 0.607. The van der Waals surface area contributed by atoms with Gasteiger partial charge in [-0.1, -0.05) is 140 Å². The van der Waals surface area contributed by atoms with E-state index in [-0.39, 0.29) is 0 Å². The average Bonchev–Trinajstić information content (AvgIpc) is 3.76. The number of benzene rings is 7. The lowest BCUT2D eigenvalue weighted by atomic mass is 10.0. The van der Waals surface area contributed by atoms with Gasteiger partial charge in [0.15, 0.2) is 17.5 Å². The summed E-state index contributed by atoms with van der Waals surface area (Å²) < 4.78 is 8.86. The third-order valence-corrected chi connectivity index (χ3v) is 10.6. The van der Waals surface area contributed by atoms with E-state index in [1.54, 1.807) is 0 Å². The standard InChI is InChI=1S/C45H27N3OS/c1-4-12-28(13-5-1)31-23-25-38-37(26-31)41-36(20-11-21-39(41)49-38)45-47-43(30-16-8-3-9-17-30)46-44(48-45)32-22-24-34-35-19-10-18-33(29-14-6-2-7-15-29)42(35)50-40(34)27-32/h1-27H. The van der Waals surface area contributed by atoms with Gasteiger partial charge in [-0.3, -0.25) is 0 Å². The number of hydrogen-bond donors (Lipinski definition) is 0. The summed E-state index contributed by atoms with van der Waals surface area (Å²) in [5, 5.41) is 4.51. The molecule has 234 valence electrons.